The molecule has 0 aliphatic carbocycles. The quantitative estimate of drug-likeness (QED) is 0.785. The maximum Gasteiger partial charge on any atom is 0.251 e. The molecule has 30 heavy (non-hydrogen) atoms. The van der Waals surface area contributed by atoms with Gasteiger partial charge in [0.25, 0.3) is 5.91 Å². The minimum Gasteiger partial charge on any atom is -0.378 e. The molecular weight excluding hydrogens is 400 g/mol. The fraction of sp³-hybridized carbons (Fsp3) is 0.545. The second kappa shape index (κ2) is 8.61. The Bertz CT molecular complexity index is 871. The number of ether oxygens (including phenoxy) is 1. The minimum absolute atomic E-state index is 0.0215. The average Bonchev–Trinajstić information content (AvgIpc) is 3.26. The van der Waals surface area contributed by atoms with Crippen LogP contribution in [0.2, 0.25) is 0 Å². The van der Waals surface area contributed by atoms with Crippen molar-refractivity contribution in [3.63, 3.8) is 0 Å². The van der Waals surface area contributed by atoms with Gasteiger partial charge < -0.3 is 19.5 Å². The predicted molar refractivity (Wildman–Crippen MR) is 115 cm³/mol. The Morgan fingerprint density at radius 2 is 1.87 bits per heavy atom. The van der Waals surface area contributed by atoms with Gasteiger partial charge in [-0.25, -0.2) is 0 Å². The molecule has 7 nitrogen and oxygen atoms in total. The maximum atomic E-state index is 12.8. The van der Waals surface area contributed by atoms with Crippen molar-refractivity contribution in [1.29, 1.82) is 0 Å². The molecule has 2 atom stereocenters. The summed E-state index contributed by atoms with van der Waals surface area (Å²) in [5.74, 6) is 1.41. The van der Waals surface area contributed by atoms with Crippen molar-refractivity contribution in [3.8, 4) is 0 Å². The SMILES string of the molecule is C[C@@H]1[C@H](NC(=O)c2ccc(Sc3cc(N4CCOCC4)on3)cc2)C2CCN1CC2. The predicted octanol–water partition coefficient (Wildman–Crippen LogP) is 2.87. The van der Waals surface area contributed by atoms with E-state index in [-0.39, 0.29) is 11.9 Å². The first-order valence-corrected chi connectivity index (χ1v) is 11.6. The summed E-state index contributed by atoms with van der Waals surface area (Å²) in [6.45, 7) is 7.64. The third-order valence-electron chi connectivity index (χ3n) is 6.61. The van der Waals surface area contributed by atoms with Crippen molar-refractivity contribution in [3.05, 3.63) is 35.9 Å². The van der Waals surface area contributed by atoms with Crippen LogP contribution in [0.1, 0.15) is 30.1 Å². The van der Waals surface area contributed by atoms with Crippen LogP contribution < -0.4 is 10.2 Å². The van der Waals surface area contributed by atoms with Crippen LogP contribution in [-0.2, 0) is 4.74 Å². The second-order valence-electron chi connectivity index (χ2n) is 8.34. The zero-order chi connectivity index (χ0) is 20.5. The van der Waals surface area contributed by atoms with E-state index in [9.17, 15) is 4.79 Å². The number of nitrogens with zero attached hydrogens (tertiary/aromatic N) is 3. The first-order chi connectivity index (χ1) is 14.7. The van der Waals surface area contributed by atoms with Crippen LogP contribution in [0.15, 0.2) is 44.8 Å². The van der Waals surface area contributed by atoms with Crippen molar-refractivity contribution in [2.75, 3.05) is 44.3 Å². The Morgan fingerprint density at radius 1 is 1.13 bits per heavy atom. The summed E-state index contributed by atoms with van der Waals surface area (Å²) in [6.07, 6.45) is 2.38. The average molecular weight is 429 g/mol. The van der Waals surface area contributed by atoms with E-state index in [4.69, 9.17) is 9.26 Å². The number of carbonyl (C=O) groups is 1. The summed E-state index contributed by atoms with van der Waals surface area (Å²) in [7, 11) is 0. The van der Waals surface area contributed by atoms with E-state index in [0.717, 1.165) is 28.9 Å². The Labute approximate surface area is 181 Å². The minimum atomic E-state index is 0.0215. The standard InChI is InChI=1S/C22H28N4O3S/c1-15-21(16-6-8-25(15)9-7-16)23-22(27)17-2-4-18(5-3-17)30-19-14-20(29-24-19)26-10-12-28-13-11-26/h2-5,14-16,21H,6-13H2,1H3,(H,23,27)/t15-,21+/m1/s1. The smallest absolute Gasteiger partial charge is 0.251 e. The first-order valence-electron chi connectivity index (χ1n) is 10.8. The second-order valence-corrected chi connectivity index (χ2v) is 9.44. The molecule has 4 aliphatic rings. The highest BCUT2D eigenvalue weighted by molar-refractivity contribution is 7.99. The first kappa shape index (κ1) is 19.9. The fourth-order valence-corrected chi connectivity index (χ4v) is 5.55. The van der Waals surface area contributed by atoms with E-state index in [2.05, 4.69) is 27.2 Å². The lowest BCUT2D eigenvalue weighted by Crippen LogP contribution is -2.62. The fourth-order valence-electron chi connectivity index (χ4n) is 4.81. The number of nitrogens with one attached hydrogen (secondary N) is 1. The van der Waals surface area contributed by atoms with Gasteiger partial charge in [0, 0.05) is 41.7 Å². The van der Waals surface area contributed by atoms with Gasteiger partial charge in [-0.15, -0.1) is 0 Å². The van der Waals surface area contributed by atoms with E-state index >= 15 is 0 Å². The van der Waals surface area contributed by atoms with Crippen LogP contribution in [0.5, 0.6) is 0 Å². The molecule has 0 saturated carbocycles. The molecule has 6 rings (SSSR count). The van der Waals surface area contributed by atoms with Gasteiger partial charge in [0.1, 0.15) is 5.03 Å². The van der Waals surface area contributed by atoms with Crippen LogP contribution in [0.4, 0.5) is 5.88 Å². The number of amides is 1. The van der Waals surface area contributed by atoms with E-state index in [1.165, 1.54) is 37.7 Å². The molecule has 0 radical (unpaired) electrons. The number of hydrogen-bond acceptors (Lipinski definition) is 7. The molecule has 4 fully saturated rings. The molecule has 4 aliphatic heterocycles. The van der Waals surface area contributed by atoms with Crippen LogP contribution in [0.3, 0.4) is 0 Å². The van der Waals surface area contributed by atoms with Gasteiger partial charge in [-0.1, -0.05) is 16.9 Å². The number of anilines is 1. The summed E-state index contributed by atoms with van der Waals surface area (Å²) in [5.41, 5.74) is 0.706. The number of aromatic nitrogens is 1. The van der Waals surface area contributed by atoms with Crippen molar-refractivity contribution in [2.24, 2.45) is 5.92 Å². The summed E-state index contributed by atoms with van der Waals surface area (Å²) in [5, 5.41) is 8.28. The molecule has 2 aromatic rings. The molecule has 1 N–H and O–H groups in total. The highest BCUT2D eigenvalue weighted by Gasteiger charge is 2.40. The molecule has 1 amide bonds. The topological polar surface area (TPSA) is 70.8 Å². The molecule has 4 saturated heterocycles. The number of hydrogen-bond donors (Lipinski definition) is 1. The van der Waals surface area contributed by atoms with Crippen LogP contribution in [0, 0.1) is 5.92 Å². The molecule has 5 heterocycles. The highest BCUT2D eigenvalue weighted by atomic mass is 32.2. The van der Waals surface area contributed by atoms with Gasteiger partial charge in [0.05, 0.1) is 13.2 Å². The molecular formula is C22H28N4O3S. The van der Waals surface area contributed by atoms with Crippen LogP contribution >= 0.6 is 11.8 Å². The van der Waals surface area contributed by atoms with Crippen molar-refractivity contribution in [2.45, 2.75) is 41.8 Å². The van der Waals surface area contributed by atoms with E-state index in [1.54, 1.807) is 0 Å². The number of carbonyl (C=O) groups excluding carboxylic acids is 1. The third kappa shape index (κ3) is 4.08. The highest BCUT2D eigenvalue weighted by Crippen LogP contribution is 2.33. The number of piperidine rings is 3. The zero-order valence-corrected chi connectivity index (χ0v) is 18.1. The molecule has 1 aromatic heterocycles. The summed E-state index contributed by atoms with van der Waals surface area (Å²) >= 11 is 1.54. The molecule has 8 heteroatoms. The van der Waals surface area contributed by atoms with E-state index < -0.39 is 0 Å². The van der Waals surface area contributed by atoms with Gasteiger partial charge in [-0.05, 0) is 63.0 Å². The van der Waals surface area contributed by atoms with Crippen molar-refractivity contribution in [1.82, 2.24) is 15.4 Å². The molecule has 0 unspecified atom stereocenters. The lowest BCUT2D eigenvalue weighted by atomic mass is 9.79. The Morgan fingerprint density at radius 3 is 2.57 bits per heavy atom. The third-order valence-corrected chi connectivity index (χ3v) is 7.52. The van der Waals surface area contributed by atoms with Crippen molar-refractivity contribution >= 4 is 23.6 Å². The van der Waals surface area contributed by atoms with Gasteiger partial charge in [-0.2, -0.15) is 0 Å². The lowest BCUT2D eigenvalue weighted by Gasteiger charge is -2.49. The zero-order valence-electron chi connectivity index (χ0n) is 17.3. The Hall–Kier alpha value is -2.03. The van der Waals surface area contributed by atoms with Gasteiger partial charge in [0.2, 0.25) is 5.88 Å². The molecule has 1 aromatic carbocycles. The van der Waals surface area contributed by atoms with Gasteiger partial charge in [-0.3, -0.25) is 9.69 Å². The number of rotatable bonds is 5. The number of fused-ring (bicyclic) bond motifs is 3. The van der Waals surface area contributed by atoms with E-state index in [0.29, 0.717) is 30.7 Å². The van der Waals surface area contributed by atoms with Crippen molar-refractivity contribution < 1.29 is 14.1 Å². The number of benzene rings is 1. The summed E-state index contributed by atoms with van der Waals surface area (Å²) < 4.78 is 10.9. The molecule has 160 valence electrons. The molecule has 0 spiro atoms. The number of morpholine rings is 1. The van der Waals surface area contributed by atoms with Gasteiger partial charge in [0.15, 0.2) is 0 Å². The summed E-state index contributed by atoms with van der Waals surface area (Å²) in [4.78, 5) is 18.5. The monoisotopic (exact) mass is 428 g/mol. The van der Waals surface area contributed by atoms with Gasteiger partial charge >= 0.3 is 0 Å². The van der Waals surface area contributed by atoms with Crippen LogP contribution in [0.25, 0.3) is 0 Å². The van der Waals surface area contributed by atoms with Crippen LogP contribution in [-0.4, -0.2) is 67.4 Å². The maximum absolute atomic E-state index is 12.8. The largest absolute Gasteiger partial charge is 0.378 e. The normalized spacial score (nSPS) is 28.5. The van der Waals surface area contributed by atoms with E-state index in [1.807, 2.05) is 30.3 Å². The lowest BCUT2D eigenvalue weighted by molar-refractivity contribution is 0.0217. The Balaban J connectivity index is 1.19. The molecule has 2 bridgehead atoms. The summed E-state index contributed by atoms with van der Waals surface area (Å²) in [6, 6.07) is 10.4. The Kier molecular flexibility index (Phi) is 5.71.